The van der Waals surface area contributed by atoms with Gasteiger partial charge in [0, 0.05) is 25.7 Å². The fourth-order valence-corrected chi connectivity index (χ4v) is 3.34. The molecular formula is C22H35N3O3. The number of carbonyl (C=O) groups excluding carboxylic acids is 2. The van der Waals surface area contributed by atoms with Crippen molar-refractivity contribution >= 4 is 12.0 Å². The molecule has 1 heterocycles. The summed E-state index contributed by atoms with van der Waals surface area (Å²) in [5.41, 5.74) is 0.722. The van der Waals surface area contributed by atoms with Crippen LogP contribution in [0.25, 0.3) is 0 Å². The highest BCUT2D eigenvalue weighted by molar-refractivity contribution is 5.86. The number of alkyl carbamates (subject to hydrolysis) is 1. The van der Waals surface area contributed by atoms with Crippen LogP contribution in [-0.2, 0) is 16.1 Å². The summed E-state index contributed by atoms with van der Waals surface area (Å²) in [6, 6.07) is 9.98. The molecule has 1 aromatic rings. The topological polar surface area (TPSA) is 70.7 Å². The van der Waals surface area contributed by atoms with Crippen molar-refractivity contribution in [2.45, 2.75) is 71.7 Å². The number of nitrogens with zero attached hydrogens (tertiary/aromatic N) is 1. The van der Waals surface area contributed by atoms with Crippen LogP contribution in [0.5, 0.6) is 0 Å². The first-order valence-electron chi connectivity index (χ1n) is 10.2. The maximum absolute atomic E-state index is 12.7. The quantitative estimate of drug-likeness (QED) is 0.783. The summed E-state index contributed by atoms with van der Waals surface area (Å²) >= 11 is 0. The number of hydrogen-bond acceptors (Lipinski definition) is 4. The minimum atomic E-state index is -0.600. The molecule has 6 heteroatoms. The van der Waals surface area contributed by atoms with Crippen LogP contribution in [0.3, 0.4) is 0 Å². The number of amides is 2. The molecule has 0 spiro atoms. The Balaban J connectivity index is 1.81. The molecule has 1 saturated heterocycles. The minimum absolute atomic E-state index is 0.0225. The van der Waals surface area contributed by atoms with Gasteiger partial charge in [-0.05, 0) is 45.1 Å². The number of carbonyl (C=O) groups is 2. The summed E-state index contributed by atoms with van der Waals surface area (Å²) < 4.78 is 5.29. The second-order valence-electron chi connectivity index (χ2n) is 8.91. The SMILES string of the molecule is CC(C)[C@@H](NC(=O)OC(C)(C)C)C(=O)NC1CCN(Cc2ccccc2)CC1. The molecule has 0 bridgehead atoms. The zero-order chi connectivity index (χ0) is 20.7. The van der Waals surface area contributed by atoms with E-state index >= 15 is 0 Å². The Hall–Kier alpha value is -2.08. The van der Waals surface area contributed by atoms with Crippen molar-refractivity contribution in [3.05, 3.63) is 35.9 Å². The van der Waals surface area contributed by atoms with E-state index in [-0.39, 0.29) is 17.9 Å². The molecule has 0 aliphatic carbocycles. The Bertz CT molecular complexity index is 632. The van der Waals surface area contributed by atoms with Crippen LogP contribution in [0.1, 0.15) is 53.0 Å². The highest BCUT2D eigenvalue weighted by Crippen LogP contribution is 2.15. The third-order valence-corrected chi connectivity index (χ3v) is 4.80. The molecule has 156 valence electrons. The van der Waals surface area contributed by atoms with Gasteiger partial charge in [-0.1, -0.05) is 44.2 Å². The maximum atomic E-state index is 12.7. The van der Waals surface area contributed by atoms with Crippen molar-refractivity contribution < 1.29 is 14.3 Å². The first-order valence-corrected chi connectivity index (χ1v) is 10.2. The molecule has 0 radical (unpaired) electrons. The van der Waals surface area contributed by atoms with Gasteiger partial charge in [0.2, 0.25) is 5.91 Å². The molecule has 1 aliphatic rings. The van der Waals surface area contributed by atoms with Crippen LogP contribution in [-0.4, -0.2) is 47.7 Å². The van der Waals surface area contributed by atoms with Gasteiger partial charge in [-0.3, -0.25) is 9.69 Å². The molecule has 1 aliphatic heterocycles. The zero-order valence-corrected chi connectivity index (χ0v) is 17.8. The monoisotopic (exact) mass is 389 g/mol. The van der Waals surface area contributed by atoms with E-state index in [2.05, 4.69) is 39.8 Å². The number of nitrogens with one attached hydrogen (secondary N) is 2. The van der Waals surface area contributed by atoms with E-state index in [4.69, 9.17) is 4.74 Å². The fourth-order valence-electron chi connectivity index (χ4n) is 3.34. The van der Waals surface area contributed by atoms with Crippen LogP contribution in [0.4, 0.5) is 4.79 Å². The van der Waals surface area contributed by atoms with Gasteiger partial charge in [0.25, 0.3) is 0 Å². The molecule has 2 amide bonds. The van der Waals surface area contributed by atoms with Gasteiger partial charge in [-0.15, -0.1) is 0 Å². The van der Waals surface area contributed by atoms with Crippen LogP contribution >= 0.6 is 0 Å². The number of piperidine rings is 1. The van der Waals surface area contributed by atoms with Crippen molar-refractivity contribution in [1.29, 1.82) is 0 Å². The molecular weight excluding hydrogens is 354 g/mol. The minimum Gasteiger partial charge on any atom is -0.444 e. The third-order valence-electron chi connectivity index (χ3n) is 4.80. The average molecular weight is 390 g/mol. The largest absolute Gasteiger partial charge is 0.444 e. The third kappa shape index (κ3) is 7.50. The average Bonchev–Trinajstić information content (AvgIpc) is 2.60. The van der Waals surface area contributed by atoms with Gasteiger partial charge in [0.1, 0.15) is 11.6 Å². The Labute approximate surface area is 169 Å². The van der Waals surface area contributed by atoms with E-state index in [0.29, 0.717) is 0 Å². The van der Waals surface area contributed by atoms with Crippen molar-refractivity contribution in [2.24, 2.45) is 5.92 Å². The summed E-state index contributed by atoms with van der Waals surface area (Å²) in [7, 11) is 0. The van der Waals surface area contributed by atoms with E-state index < -0.39 is 17.7 Å². The fraction of sp³-hybridized carbons (Fsp3) is 0.636. The Kier molecular flexibility index (Phi) is 7.87. The molecule has 0 aromatic heterocycles. The van der Waals surface area contributed by atoms with Gasteiger partial charge in [-0.25, -0.2) is 4.79 Å². The smallest absolute Gasteiger partial charge is 0.408 e. The predicted molar refractivity (Wildman–Crippen MR) is 111 cm³/mol. The second-order valence-corrected chi connectivity index (χ2v) is 8.91. The number of ether oxygens (including phenoxy) is 1. The van der Waals surface area contributed by atoms with Gasteiger partial charge < -0.3 is 15.4 Å². The van der Waals surface area contributed by atoms with E-state index in [9.17, 15) is 9.59 Å². The first kappa shape index (κ1) is 22.2. The number of benzene rings is 1. The number of likely N-dealkylation sites (tertiary alicyclic amines) is 1. The molecule has 28 heavy (non-hydrogen) atoms. The van der Waals surface area contributed by atoms with Gasteiger partial charge in [0.05, 0.1) is 0 Å². The predicted octanol–water partition coefficient (Wildman–Crippen LogP) is 3.32. The van der Waals surface area contributed by atoms with Gasteiger partial charge >= 0.3 is 6.09 Å². The van der Waals surface area contributed by atoms with E-state index in [1.807, 2.05) is 19.9 Å². The Morgan fingerprint density at radius 2 is 1.75 bits per heavy atom. The lowest BCUT2D eigenvalue weighted by Crippen LogP contribution is -2.54. The van der Waals surface area contributed by atoms with Crippen molar-refractivity contribution in [2.75, 3.05) is 13.1 Å². The number of rotatable bonds is 6. The van der Waals surface area contributed by atoms with Crippen LogP contribution in [0.2, 0.25) is 0 Å². The van der Waals surface area contributed by atoms with Gasteiger partial charge in [-0.2, -0.15) is 0 Å². The van der Waals surface area contributed by atoms with E-state index in [1.165, 1.54) is 5.56 Å². The molecule has 1 aromatic carbocycles. The van der Waals surface area contributed by atoms with Gasteiger partial charge in [0.15, 0.2) is 0 Å². The summed E-state index contributed by atoms with van der Waals surface area (Å²) in [6.45, 7) is 12.1. The van der Waals surface area contributed by atoms with Crippen LogP contribution in [0, 0.1) is 5.92 Å². The lowest BCUT2D eigenvalue weighted by Gasteiger charge is -2.33. The molecule has 2 N–H and O–H groups in total. The lowest BCUT2D eigenvalue weighted by molar-refractivity contribution is -0.125. The van der Waals surface area contributed by atoms with Crippen molar-refractivity contribution in [3.8, 4) is 0 Å². The maximum Gasteiger partial charge on any atom is 0.408 e. The summed E-state index contributed by atoms with van der Waals surface area (Å²) in [5.74, 6) is -0.159. The van der Waals surface area contributed by atoms with Crippen LogP contribution < -0.4 is 10.6 Å². The molecule has 2 rings (SSSR count). The lowest BCUT2D eigenvalue weighted by atomic mass is 10.0. The second kappa shape index (κ2) is 9.92. The zero-order valence-electron chi connectivity index (χ0n) is 17.8. The van der Waals surface area contributed by atoms with Crippen molar-refractivity contribution in [3.63, 3.8) is 0 Å². The highest BCUT2D eigenvalue weighted by Gasteiger charge is 2.29. The molecule has 1 atom stereocenters. The summed E-state index contributed by atoms with van der Waals surface area (Å²) in [6.07, 6.45) is 1.27. The number of hydrogen-bond donors (Lipinski definition) is 2. The highest BCUT2D eigenvalue weighted by atomic mass is 16.6. The first-order chi connectivity index (χ1) is 13.1. The van der Waals surface area contributed by atoms with Crippen LogP contribution in [0.15, 0.2) is 30.3 Å². The summed E-state index contributed by atoms with van der Waals surface area (Å²) in [4.78, 5) is 27.2. The molecule has 0 unspecified atom stereocenters. The van der Waals surface area contributed by atoms with E-state index in [0.717, 1.165) is 32.5 Å². The molecule has 0 saturated carbocycles. The normalized spacial score (nSPS) is 17.2. The summed E-state index contributed by atoms with van der Waals surface area (Å²) in [5, 5.41) is 5.84. The Morgan fingerprint density at radius 3 is 2.29 bits per heavy atom. The van der Waals surface area contributed by atoms with Crippen molar-refractivity contribution in [1.82, 2.24) is 15.5 Å². The van der Waals surface area contributed by atoms with E-state index in [1.54, 1.807) is 20.8 Å². The molecule has 1 fully saturated rings. The standard InChI is InChI=1S/C22H35N3O3/c1-16(2)19(24-21(27)28-22(3,4)5)20(26)23-18-11-13-25(14-12-18)15-17-9-7-6-8-10-17/h6-10,16,18-19H,11-15H2,1-5H3,(H,23,26)(H,24,27)/t19-/m1/s1. The molecule has 6 nitrogen and oxygen atoms in total. The Morgan fingerprint density at radius 1 is 1.14 bits per heavy atom.